The van der Waals surface area contributed by atoms with Crippen LogP contribution in [0.25, 0.3) is 98.4 Å². The second kappa shape index (κ2) is 10.2. The lowest BCUT2D eigenvalue weighted by Gasteiger charge is -2.18. The van der Waals surface area contributed by atoms with E-state index >= 15 is 0 Å². The Hall–Kier alpha value is -6.18. The van der Waals surface area contributed by atoms with Crippen LogP contribution in [0.5, 0.6) is 0 Å². The van der Waals surface area contributed by atoms with Gasteiger partial charge in [0.25, 0.3) is 0 Å². The largest absolute Gasteiger partial charge is 0.455 e. The maximum atomic E-state index is 9.12. The highest BCUT2D eigenvalue weighted by Crippen LogP contribution is 2.46. The van der Waals surface area contributed by atoms with E-state index in [4.69, 9.17) is 12.6 Å². The number of furan rings is 1. The van der Waals surface area contributed by atoms with Gasteiger partial charge in [0.1, 0.15) is 11.2 Å². The third-order valence-electron chi connectivity index (χ3n) is 9.38. The quantitative estimate of drug-likeness (QED) is 0.183. The first-order valence-corrected chi connectivity index (χ1v) is 15.7. The average Bonchev–Trinajstić information content (AvgIpc) is 3.59. The molecule has 10 rings (SSSR count). The van der Waals surface area contributed by atoms with Crippen molar-refractivity contribution in [2.75, 3.05) is 0 Å². The third kappa shape index (κ3) is 3.90. The minimum Gasteiger partial charge on any atom is -0.455 e. The predicted molar refractivity (Wildman–Crippen MR) is 200 cm³/mol. The molecule has 0 fully saturated rings. The molecule has 0 atom stereocenters. The van der Waals surface area contributed by atoms with Crippen molar-refractivity contribution in [3.8, 4) is 33.4 Å². The van der Waals surface area contributed by atoms with E-state index in [2.05, 4.69) is 97.1 Å². The zero-order valence-electron chi connectivity index (χ0n) is 31.1. The minimum absolute atomic E-state index is 0.0116. The Morgan fingerprint density at radius 2 is 0.915 bits per heavy atom. The van der Waals surface area contributed by atoms with E-state index in [-0.39, 0.29) is 40.5 Å². The van der Waals surface area contributed by atoms with E-state index in [1.54, 1.807) is 0 Å². The normalized spacial score (nSPS) is 13.6. The highest BCUT2D eigenvalue weighted by Gasteiger charge is 2.19. The van der Waals surface area contributed by atoms with Crippen molar-refractivity contribution in [3.05, 3.63) is 170 Å². The number of benzene rings is 9. The average molecular weight is 603 g/mol. The Morgan fingerprint density at radius 1 is 0.362 bits per heavy atom. The standard InChI is InChI=1S/C46H28O/c1-2-14-30(15-3-1)43-35-20-7-9-22-37(35)44(38-23-10-8-21-36(38)43)32-17-12-16-31(27-32)41-28-42-40-26-25-29-13-4-5-18-33(29)45(40)47-46(42)39-24-11-6-19-34(39)41/h1-28H/i4D,5D,13D,18D,25D,26D. The number of hydrogen-bond donors (Lipinski definition) is 0. The fourth-order valence-electron chi connectivity index (χ4n) is 7.36. The molecule has 0 aliphatic carbocycles. The van der Waals surface area contributed by atoms with Gasteiger partial charge in [0.2, 0.25) is 0 Å². The van der Waals surface area contributed by atoms with Crippen LogP contribution in [0.1, 0.15) is 8.22 Å². The molecule has 1 aromatic heterocycles. The van der Waals surface area contributed by atoms with Gasteiger partial charge in [-0.15, -0.1) is 0 Å². The lowest BCUT2D eigenvalue weighted by Crippen LogP contribution is -1.91. The van der Waals surface area contributed by atoms with Crippen molar-refractivity contribution in [3.63, 3.8) is 0 Å². The van der Waals surface area contributed by atoms with Gasteiger partial charge in [-0.2, -0.15) is 0 Å². The van der Waals surface area contributed by atoms with Crippen molar-refractivity contribution in [1.29, 1.82) is 0 Å². The van der Waals surface area contributed by atoms with Crippen LogP contribution in [0.4, 0.5) is 0 Å². The maximum Gasteiger partial charge on any atom is 0.143 e. The second-order valence-corrected chi connectivity index (χ2v) is 11.9. The van der Waals surface area contributed by atoms with E-state index in [1.165, 1.54) is 21.9 Å². The summed E-state index contributed by atoms with van der Waals surface area (Å²) in [6, 6.07) is 44.3. The van der Waals surface area contributed by atoms with E-state index < -0.39 is 12.1 Å². The molecular weight excluding hydrogens is 569 g/mol. The van der Waals surface area contributed by atoms with Gasteiger partial charge in [-0.1, -0.05) is 152 Å². The Morgan fingerprint density at radius 3 is 1.64 bits per heavy atom. The van der Waals surface area contributed by atoms with Gasteiger partial charge in [-0.3, -0.25) is 0 Å². The van der Waals surface area contributed by atoms with E-state index in [0.29, 0.717) is 16.4 Å². The molecule has 9 aromatic carbocycles. The maximum absolute atomic E-state index is 9.12. The number of rotatable bonds is 3. The monoisotopic (exact) mass is 602 g/mol. The fourth-order valence-corrected chi connectivity index (χ4v) is 7.36. The van der Waals surface area contributed by atoms with Gasteiger partial charge >= 0.3 is 0 Å². The SMILES string of the molecule is [2H]c1c([2H])c([2H])c2c(c1[2H])c([2H])c([2H])c1c3cc(-c4cccc(-c5c6ccccc6c(-c6ccccc6)c6ccccc56)c4)c4ccccc4c3oc21. The van der Waals surface area contributed by atoms with Crippen molar-refractivity contribution < 1.29 is 12.6 Å². The molecule has 1 heteroatoms. The summed E-state index contributed by atoms with van der Waals surface area (Å²) in [6.45, 7) is 0. The molecule has 1 nitrogen and oxygen atoms in total. The molecule has 10 aromatic rings. The van der Waals surface area contributed by atoms with Crippen LogP contribution in [0.2, 0.25) is 0 Å². The van der Waals surface area contributed by atoms with Crippen LogP contribution in [0.15, 0.2) is 174 Å². The summed E-state index contributed by atoms with van der Waals surface area (Å²) < 4.78 is 58.5. The van der Waals surface area contributed by atoms with Crippen molar-refractivity contribution in [2.45, 2.75) is 0 Å². The molecule has 0 bridgehead atoms. The van der Waals surface area contributed by atoms with Gasteiger partial charge in [-0.25, -0.2) is 0 Å². The number of fused-ring (bicyclic) bond motifs is 9. The second-order valence-electron chi connectivity index (χ2n) is 11.9. The molecule has 0 N–H and O–H groups in total. The van der Waals surface area contributed by atoms with Gasteiger partial charge < -0.3 is 4.42 Å². The smallest absolute Gasteiger partial charge is 0.143 e. The van der Waals surface area contributed by atoms with E-state index in [1.807, 2.05) is 36.4 Å². The van der Waals surface area contributed by atoms with Crippen molar-refractivity contribution in [1.82, 2.24) is 0 Å². The Balaban J connectivity index is 1.28. The van der Waals surface area contributed by atoms with Gasteiger partial charge in [-0.05, 0) is 83.9 Å². The molecule has 218 valence electrons. The molecule has 1 heterocycles. The van der Waals surface area contributed by atoms with E-state index in [0.717, 1.165) is 43.8 Å². The molecule has 0 saturated heterocycles. The summed E-state index contributed by atoms with van der Waals surface area (Å²) >= 11 is 0. The minimum atomic E-state index is -0.436. The predicted octanol–water partition coefficient (Wildman–Crippen LogP) is 13.2. The molecule has 0 aliphatic heterocycles. The first-order chi connectivity index (χ1) is 25.8. The summed E-state index contributed by atoms with van der Waals surface area (Å²) in [6.07, 6.45) is 0. The third-order valence-corrected chi connectivity index (χ3v) is 9.38. The Kier molecular flexibility index (Phi) is 4.49. The molecule has 0 saturated carbocycles. The van der Waals surface area contributed by atoms with Crippen LogP contribution in [-0.2, 0) is 0 Å². The fraction of sp³-hybridized carbons (Fsp3) is 0. The van der Waals surface area contributed by atoms with Gasteiger partial charge in [0, 0.05) is 21.5 Å². The lowest BCUT2D eigenvalue weighted by molar-refractivity contribution is 0.676. The first kappa shape index (κ1) is 20.8. The number of hydrogen-bond acceptors (Lipinski definition) is 1. The zero-order valence-corrected chi connectivity index (χ0v) is 25.1. The van der Waals surface area contributed by atoms with Crippen LogP contribution < -0.4 is 0 Å². The highest BCUT2D eigenvalue weighted by atomic mass is 16.3. The lowest BCUT2D eigenvalue weighted by atomic mass is 9.85. The molecular formula is C46H28O. The summed E-state index contributed by atoms with van der Waals surface area (Å²) in [5.74, 6) is 0. The van der Waals surface area contributed by atoms with Gasteiger partial charge in [0.05, 0.1) is 8.22 Å². The summed E-state index contributed by atoms with van der Waals surface area (Å²) in [4.78, 5) is 0. The Labute approximate surface area is 280 Å². The molecule has 0 amide bonds. The molecule has 0 spiro atoms. The first-order valence-electron chi connectivity index (χ1n) is 18.7. The van der Waals surface area contributed by atoms with Crippen molar-refractivity contribution >= 4 is 65.0 Å². The van der Waals surface area contributed by atoms with Gasteiger partial charge in [0.15, 0.2) is 0 Å². The highest BCUT2D eigenvalue weighted by molar-refractivity contribution is 6.24. The Bertz CT molecular complexity index is 3130. The summed E-state index contributed by atoms with van der Waals surface area (Å²) in [7, 11) is 0. The van der Waals surface area contributed by atoms with Crippen molar-refractivity contribution in [2.24, 2.45) is 0 Å². The molecule has 0 aliphatic rings. The van der Waals surface area contributed by atoms with Crippen LogP contribution in [0, 0.1) is 0 Å². The van der Waals surface area contributed by atoms with Crippen LogP contribution in [0.3, 0.4) is 0 Å². The van der Waals surface area contributed by atoms with Crippen LogP contribution in [-0.4, -0.2) is 0 Å². The summed E-state index contributed by atoms with van der Waals surface area (Å²) in [5.41, 5.74) is 7.17. The topological polar surface area (TPSA) is 13.1 Å². The molecule has 0 unspecified atom stereocenters. The zero-order chi connectivity index (χ0) is 36.1. The molecule has 0 radical (unpaired) electrons. The van der Waals surface area contributed by atoms with Crippen LogP contribution >= 0.6 is 0 Å². The van der Waals surface area contributed by atoms with E-state index in [9.17, 15) is 0 Å². The summed E-state index contributed by atoms with van der Waals surface area (Å²) in [5, 5.41) is 7.50. The molecule has 47 heavy (non-hydrogen) atoms.